The summed E-state index contributed by atoms with van der Waals surface area (Å²) in [6.45, 7) is 4.74. The Morgan fingerprint density at radius 3 is 2.20 bits per heavy atom. The molecule has 0 bridgehead atoms. The van der Waals surface area contributed by atoms with E-state index in [0.717, 1.165) is 38.8 Å². The highest BCUT2D eigenvalue weighted by molar-refractivity contribution is 7.88. The molecule has 0 radical (unpaired) electrons. The van der Waals surface area contributed by atoms with Crippen molar-refractivity contribution in [1.82, 2.24) is 14.5 Å². The Bertz CT molecular complexity index is 438. The van der Waals surface area contributed by atoms with Crippen molar-refractivity contribution >= 4 is 15.9 Å². The minimum atomic E-state index is -3.08. The molecule has 2 heterocycles. The van der Waals surface area contributed by atoms with Crippen LogP contribution in [-0.4, -0.2) is 68.0 Å². The molecular formula is C13H25N3O3S. The van der Waals surface area contributed by atoms with Crippen LogP contribution in [0.15, 0.2) is 0 Å². The molecule has 0 aliphatic carbocycles. The third-order valence-corrected chi connectivity index (χ3v) is 5.50. The van der Waals surface area contributed by atoms with E-state index in [1.807, 2.05) is 11.8 Å². The maximum atomic E-state index is 12.2. The van der Waals surface area contributed by atoms with Gasteiger partial charge in [0.05, 0.1) is 12.3 Å². The third kappa shape index (κ3) is 3.93. The molecule has 0 aromatic rings. The first-order chi connectivity index (χ1) is 9.38. The largest absolute Gasteiger partial charge is 0.341 e. The van der Waals surface area contributed by atoms with Gasteiger partial charge in [0.2, 0.25) is 15.9 Å². The van der Waals surface area contributed by atoms with Crippen LogP contribution in [0.2, 0.25) is 0 Å². The lowest BCUT2D eigenvalue weighted by atomic mass is 10.1. The van der Waals surface area contributed by atoms with Gasteiger partial charge < -0.3 is 10.2 Å². The topological polar surface area (TPSA) is 69.7 Å². The van der Waals surface area contributed by atoms with E-state index < -0.39 is 10.0 Å². The average Bonchev–Trinajstić information content (AvgIpc) is 2.91. The van der Waals surface area contributed by atoms with Crippen molar-refractivity contribution < 1.29 is 13.2 Å². The van der Waals surface area contributed by atoms with E-state index in [1.54, 1.807) is 0 Å². The van der Waals surface area contributed by atoms with Crippen molar-refractivity contribution in [3.8, 4) is 0 Å². The molecule has 1 atom stereocenters. The predicted octanol–water partition coefficient (Wildman–Crippen LogP) is 0.0109. The van der Waals surface area contributed by atoms with Crippen LogP contribution in [0, 0.1) is 0 Å². The summed E-state index contributed by atoms with van der Waals surface area (Å²) in [5.74, 6) is 0.174. The number of rotatable bonds is 4. The summed E-state index contributed by atoms with van der Waals surface area (Å²) in [5.41, 5.74) is 0. The number of hydrogen-bond donors (Lipinski definition) is 1. The molecule has 116 valence electrons. The summed E-state index contributed by atoms with van der Waals surface area (Å²) < 4.78 is 24.4. The number of nitrogens with zero attached hydrogens (tertiary/aromatic N) is 2. The van der Waals surface area contributed by atoms with Gasteiger partial charge in [-0.2, -0.15) is 0 Å². The standard InChI is InChI=1S/C13H25N3O3S/c1-11(13(17)15-7-3-4-8-15)14-12-5-9-16(10-6-12)20(2,18)19/h11-12,14H,3-10H2,1-2H3. The normalized spacial score (nSPS) is 24.0. The Kier molecular flexibility index (Phi) is 5.04. The number of nitrogens with one attached hydrogen (secondary N) is 1. The summed E-state index contributed by atoms with van der Waals surface area (Å²) in [4.78, 5) is 14.1. The Labute approximate surface area is 121 Å². The fraction of sp³-hybridized carbons (Fsp3) is 0.923. The zero-order valence-electron chi connectivity index (χ0n) is 12.3. The minimum absolute atomic E-state index is 0.174. The molecule has 2 rings (SSSR count). The van der Waals surface area contributed by atoms with E-state index in [4.69, 9.17) is 0 Å². The maximum absolute atomic E-state index is 12.2. The Hall–Kier alpha value is -0.660. The molecule has 6 nitrogen and oxygen atoms in total. The van der Waals surface area contributed by atoms with E-state index in [1.165, 1.54) is 10.6 Å². The molecule has 0 aromatic carbocycles. The van der Waals surface area contributed by atoms with Crippen LogP contribution in [0.1, 0.15) is 32.6 Å². The highest BCUT2D eigenvalue weighted by Gasteiger charge is 2.28. The summed E-state index contributed by atoms with van der Waals surface area (Å²) >= 11 is 0. The second-order valence-corrected chi connectivity index (χ2v) is 7.84. The molecule has 2 fully saturated rings. The van der Waals surface area contributed by atoms with E-state index in [-0.39, 0.29) is 18.0 Å². The smallest absolute Gasteiger partial charge is 0.239 e. The average molecular weight is 303 g/mol. The van der Waals surface area contributed by atoms with Crippen LogP contribution in [0.4, 0.5) is 0 Å². The van der Waals surface area contributed by atoms with Gasteiger partial charge in [0.25, 0.3) is 0 Å². The SMILES string of the molecule is CC(NC1CCN(S(C)(=O)=O)CC1)C(=O)N1CCCC1. The molecule has 2 aliphatic rings. The lowest BCUT2D eigenvalue weighted by Crippen LogP contribution is -2.51. The van der Waals surface area contributed by atoms with Crippen LogP contribution in [0.5, 0.6) is 0 Å². The number of carbonyl (C=O) groups is 1. The molecule has 1 amide bonds. The number of piperidine rings is 1. The first-order valence-electron chi connectivity index (χ1n) is 7.38. The molecule has 0 saturated carbocycles. The van der Waals surface area contributed by atoms with Crippen LogP contribution in [0.25, 0.3) is 0 Å². The lowest BCUT2D eigenvalue weighted by molar-refractivity contribution is -0.132. The first-order valence-corrected chi connectivity index (χ1v) is 9.22. The number of sulfonamides is 1. The Morgan fingerprint density at radius 1 is 1.15 bits per heavy atom. The first kappa shape index (κ1) is 15.7. The summed E-state index contributed by atoms with van der Waals surface area (Å²) in [6, 6.07) is 0.0532. The predicted molar refractivity (Wildman–Crippen MR) is 77.9 cm³/mol. The highest BCUT2D eigenvalue weighted by Crippen LogP contribution is 2.15. The second kappa shape index (κ2) is 6.41. The second-order valence-electron chi connectivity index (χ2n) is 5.86. The van der Waals surface area contributed by atoms with Crippen molar-refractivity contribution in [3.63, 3.8) is 0 Å². The molecular weight excluding hydrogens is 278 g/mol. The Balaban J connectivity index is 1.78. The monoisotopic (exact) mass is 303 g/mol. The van der Waals surface area contributed by atoms with E-state index in [9.17, 15) is 13.2 Å². The number of hydrogen-bond acceptors (Lipinski definition) is 4. The number of amides is 1. The summed E-state index contributed by atoms with van der Waals surface area (Å²) in [6.07, 6.45) is 4.99. The summed E-state index contributed by atoms with van der Waals surface area (Å²) in [7, 11) is -3.08. The van der Waals surface area contributed by atoms with Crippen molar-refractivity contribution in [2.75, 3.05) is 32.4 Å². The third-order valence-electron chi connectivity index (χ3n) is 4.20. The van der Waals surface area contributed by atoms with Crippen molar-refractivity contribution in [1.29, 1.82) is 0 Å². The molecule has 7 heteroatoms. The van der Waals surface area contributed by atoms with Gasteiger partial charge in [-0.1, -0.05) is 0 Å². The van der Waals surface area contributed by atoms with E-state index in [0.29, 0.717) is 13.1 Å². The van der Waals surface area contributed by atoms with Crippen LogP contribution >= 0.6 is 0 Å². The maximum Gasteiger partial charge on any atom is 0.239 e. The highest BCUT2D eigenvalue weighted by atomic mass is 32.2. The zero-order chi connectivity index (χ0) is 14.8. The van der Waals surface area contributed by atoms with Gasteiger partial charge in [-0.25, -0.2) is 12.7 Å². The molecule has 2 saturated heterocycles. The fourth-order valence-electron chi connectivity index (χ4n) is 2.99. The fourth-order valence-corrected chi connectivity index (χ4v) is 3.86. The minimum Gasteiger partial charge on any atom is -0.341 e. The van der Waals surface area contributed by atoms with Crippen LogP contribution in [-0.2, 0) is 14.8 Å². The van der Waals surface area contributed by atoms with E-state index in [2.05, 4.69) is 5.32 Å². The molecule has 0 spiro atoms. The van der Waals surface area contributed by atoms with Crippen molar-refractivity contribution in [3.05, 3.63) is 0 Å². The van der Waals surface area contributed by atoms with Gasteiger partial charge in [0, 0.05) is 32.2 Å². The molecule has 0 aromatic heterocycles. The van der Waals surface area contributed by atoms with Crippen molar-refractivity contribution in [2.24, 2.45) is 0 Å². The Morgan fingerprint density at radius 2 is 1.70 bits per heavy atom. The molecule has 1 N–H and O–H groups in total. The number of likely N-dealkylation sites (tertiary alicyclic amines) is 1. The van der Waals surface area contributed by atoms with E-state index >= 15 is 0 Å². The lowest BCUT2D eigenvalue weighted by Gasteiger charge is -2.33. The van der Waals surface area contributed by atoms with Gasteiger partial charge in [-0.3, -0.25) is 4.79 Å². The van der Waals surface area contributed by atoms with Gasteiger partial charge in [0.15, 0.2) is 0 Å². The summed E-state index contributed by atoms with van der Waals surface area (Å²) in [5, 5.41) is 3.35. The zero-order valence-corrected chi connectivity index (χ0v) is 13.2. The van der Waals surface area contributed by atoms with Crippen LogP contribution < -0.4 is 5.32 Å². The number of carbonyl (C=O) groups excluding carboxylic acids is 1. The van der Waals surface area contributed by atoms with Gasteiger partial charge in [-0.15, -0.1) is 0 Å². The quantitative estimate of drug-likeness (QED) is 0.794. The van der Waals surface area contributed by atoms with Crippen LogP contribution in [0.3, 0.4) is 0 Å². The van der Waals surface area contributed by atoms with Gasteiger partial charge >= 0.3 is 0 Å². The van der Waals surface area contributed by atoms with Gasteiger partial charge in [-0.05, 0) is 32.6 Å². The van der Waals surface area contributed by atoms with Gasteiger partial charge in [0.1, 0.15) is 0 Å². The molecule has 2 aliphatic heterocycles. The molecule has 1 unspecified atom stereocenters. The van der Waals surface area contributed by atoms with Crippen molar-refractivity contribution in [2.45, 2.75) is 44.7 Å². The molecule has 20 heavy (non-hydrogen) atoms.